The van der Waals surface area contributed by atoms with E-state index in [9.17, 15) is 0 Å². The number of furan rings is 1. The molecule has 0 aliphatic carbocycles. The van der Waals surface area contributed by atoms with Gasteiger partial charge in [0.25, 0.3) is 0 Å². The fraction of sp³-hybridized carbons (Fsp3) is 0. The maximum atomic E-state index is 6.55. The van der Waals surface area contributed by atoms with Crippen molar-refractivity contribution in [2.24, 2.45) is 0 Å². The molecule has 4 nitrogen and oxygen atoms in total. The van der Waals surface area contributed by atoms with E-state index in [0.717, 1.165) is 95.0 Å². The molecular weight excluding hydrogens is 899 g/mol. The van der Waals surface area contributed by atoms with Crippen molar-refractivity contribution >= 4 is 116 Å². The molecule has 0 bridgehead atoms. The second kappa shape index (κ2) is 18.1. The maximum absolute atomic E-state index is 6.55. The van der Waals surface area contributed by atoms with E-state index in [1.165, 1.54) is 32.3 Å². The van der Waals surface area contributed by atoms with Crippen molar-refractivity contribution in [1.29, 1.82) is 0 Å². The second-order valence-electron chi connectivity index (χ2n) is 18.9. The molecule has 0 aliphatic heterocycles. The first-order valence-electron chi connectivity index (χ1n) is 25.2. The van der Waals surface area contributed by atoms with Crippen molar-refractivity contribution in [3.63, 3.8) is 0 Å². The van der Waals surface area contributed by atoms with Crippen molar-refractivity contribution in [3.05, 3.63) is 285 Å². The average Bonchev–Trinajstić information content (AvgIpc) is 3.87. The SMILES string of the molecule is c1ccc(N(c2ccc(-c3cccc4c3oc3ccccc34)cc2)c2cc(N(c3ccccc3)c3cc4ccccc4c4ccccc34)cc(N(c3ccccc3)c3cc4ccccc4c4ccccc34)c2)cc1. The zero-order valence-electron chi connectivity index (χ0n) is 40.4. The van der Waals surface area contributed by atoms with Gasteiger partial charge in [0.2, 0.25) is 0 Å². The molecule has 0 radical (unpaired) electrons. The summed E-state index contributed by atoms with van der Waals surface area (Å²) in [6, 6.07) is 103. The van der Waals surface area contributed by atoms with Crippen LogP contribution in [0, 0.1) is 0 Å². The molecule has 0 saturated heterocycles. The van der Waals surface area contributed by atoms with Gasteiger partial charge in [-0.25, -0.2) is 0 Å². The van der Waals surface area contributed by atoms with Crippen molar-refractivity contribution in [3.8, 4) is 11.1 Å². The van der Waals surface area contributed by atoms with E-state index in [0.29, 0.717) is 0 Å². The highest BCUT2D eigenvalue weighted by molar-refractivity contribution is 6.16. The lowest BCUT2D eigenvalue weighted by Gasteiger charge is -2.34. The number of anilines is 9. The van der Waals surface area contributed by atoms with Crippen molar-refractivity contribution < 1.29 is 4.42 Å². The molecule has 4 heteroatoms. The summed E-state index contributed by atoms with van der Waals surface area (Å²) in [6.45, 7) is 0. The molecule has 0 aliphatic rings. The molecule has 0 saturated carbocycles. The molecule has 348 valence electrons. The van der Waals surface area contributed by atoms with Gasteiger partial charge in [0.1, 0.15) is 11.2 Å². The fourth-order valence-electron chi connectivity index (χ4n) is 11.2. The molecule has 1 heterocycles. The number of benzene rings is 13. The summed E-state index contributed by atoms with van der Waals surface area (Å²) >= 11 is 0. The van der Waals surface area contributed by atoms with Gasteiger partial charge >= 0.3 is 0 Å². The lowest BCUT2D eigenvalue weighted by Crippen LogP contribution is -2.16. The minimum Gasteiger partial charge on any atom is -0.455 e. The molecule has 14 aromatic rings. The predicted octanol–water partition coefficient (Wildman–Crippen LogP) is 20.3. The Labute approximate surface area is 429 Å². The van der Waals surface area contributed by atoms with Gasteiger partial charge in [-0.2, -0.15) is 0 Å². The number of para-hydroxylation sites is 5. The number of rotatable bonds is 10. The zero-order chi connectivity index (χ0) is 49.0. The van der Waals surface area contributed by atoms with Crippen LogP contribution < -0.4 is 14.7 Å². The predicted molar refractivity (Wildman–Crippen MR) is 313 cm³/mol. The Morgan fingerprint density at radius 3 is 1.12 bits per heavy atom. The van der Waals surface area contributed by atoms with Crippen LogP contribution in [0.2, 0.25) is 0 Å². The van der Waals surface area contributed by atoms with Crippen LogP contribution in [0.15, 0.2) is 290 Å². The summed E-state index contributed by atoms with van der Waals surface area (Å²) in [5.74, 6) is 0. The normalized spacial score (nSPS) is 11.5. The average molecular weight is 946 g/mol. The molecular formula is C70H47N3O. The lowest BCUT2D eigenvalue weighted by atomic mass is 9.98. The number of hydrogen-bond acceptors (Lipinski definition) is 4. The van der Waals surface area contributed by atoms with Crippen LogP contribution >= 0.6 is 0 Å². The molecule has 0 unspecified atom stereocenters. The van der Waals surface area contributed by atoms with Gasteiger partial charge in [0.05, 0.1) is 28.4 Å². The summed E-state index contributed by atoms with van der Waals surface area (Å²) in [6.07, 6.45) is 0. The molecule has 0 spiro atoms. The van der Waals surface area contributed by atoms with Gasteiger partial charge in [-0.1, -0.05) is 200 Å². The summed E-state index contributed by atoms with van der Waals surface area (Å²) < 4.78 is 6.55. The monoisotopic (exact) mass is 945 g/mol. The van der Waals surface area contributed by atoms with Crippen LogP contribution in [0.1, 0.15) is 0 Å². The number of fused-ring (bicyclic) bond motifs is 9. The minimum atomic E-state index is 0.889. The quantitative estimate of drug-likeness (QED) is 0.127. The van der Waals surface area contributed by atoms with E-state index in [1.54, 1.807) is 0 Å². The lowest BCUT2D eigenvalue weighted by molar-refractivity contribution is 0.670. The maximum Gasteiger partial charge on any atom is 0.143 e. The van der Waals surface area contributed by atoms with Crippen molar-refractivity contribution in [2.45, 2.75) is 0 Å². The van der Waals surface area contributed by atoms with E-state index >= 15 is 0 Å². The molecule has 14 rings (SSSR count). The minimum absolute atomic E-state index is 0.889. The first-order valence-corrected chi connectivity index (χ1v) is 25.2. The smallest absolute Gasteiger partial charge is 0.143 e. The first kappa shape index (κ1) is 42.9. The molecule has 0 N–H and O–H groups in total. The molecule has 1 aromatic heterocycles. The summed E-state index contributed by atoms with van der Waals surface area (Å²) in [5, 5.41) is 11.8. The fourth-order valence-corrected chi connectivity index (χ4v) is 11.2. The third-order valence-corrected chi connectivity index (χ3v) is 14.5. The molecule has 74 heavy (non-hydrogen) atoms. The third-order valence-electron chi connectivity index (χ3n) is 14.5. The summed E-state index contributed by atoms with van der Waals surface area (Å²) in [5.41, 5.74) is 13.3. The van der Waals surface area contributed by atoms with Crippen molar-refractivity contribution in [2.75, 3.05) is 14.7 Å². The Bertz CT molecular complexity index is 4200. The van der Waals surface area contributed by atoms with E-state index in [2.05, 4.69) is 288 Å². The number of nitrogens with zero attached hydrogens (tertiary/aromatic N) is 3. The van der Waals surface area contributed by atoms with Crippen LogP contribution in [0.4, 0.5) is 51.2 Å². The van der Waals surface area contributed by atoms with Crippen molar-refractivity contribution in [1.82, 2.24) is 0 Å². The highest BCUT2D eigenvalue weighted by Crippen LogP contribution is 2.50. The summed E-state index contributed by atoms with van der Waals surface area (Å²) in [7, 11) is 0. The standard InChI is InChI=1S/C70H47N3O/c1-4-23-51(24-5-1)71(54-41-39-48(40-42-54)60-36-20-37-66-65-35-18-19-38-69(65)74-70(60)66)55-45-56(72(52-25-6-2-7-26-52)67-43-49-21-10-12-29-58(49)61-31-14-16-33-63(61)67)47-57(46-55)73(53-27-8-3-9-28-53)68-44-50-22-11-13-30-59(50)62-32-15-17-34-64(62)68/h1-47H. The van der Waals surface area contributed by atoms with Gasteiger partial charge in [-0.15, -0.1) is 0 Å². The molecule has 0 atom stereocenters. The van der Waals surface area contributed by atoms with Gasteiger partial charge in [0.15, 0.2) is 0 Å². The zero-order valence-corrected chi connectivity index (χ0v) is 40.4. The Hall–Kier alpha value is -9.90. The number of hydrogen-bond donors (Lipinski definition) is 0. The summed E-state index contributed by atoms with van der Waals surface area (Å²) in [4.78, 5) is 7.29. The Balaban J connectivity index is 1.05. The van der Waals surface area contributed by atoms with Gasteiger partial charge < -0.3 is 19.1 Å². The van der Waals surface area contributed by atoms with E-state index in [4.69, 9.17) is 4.42 Å². The highest BCUT2D eigenvalue weighted by Gasteiger charge is 2.25. The van der Waals surface area contributed by atoms with E-state index in [1.807, 2.05) is 12.1 Å². The third kappa shape index (κ3) is 7.39. The van der Waals surface area contributed by atoms with Crippen LogP contribution in [0.5, 0.6) is 0 Å². The van der Waals surface area contributed by atoms with Gasteiger partial charge in [-0.3, -0.25) is 0 Å². The van der Waals surface area contributed by atoms with E-state index < -0.39 is 0 Å². The Morgan fingerprint density at radius 1 is 0.230 bits per heavy atom. The molecule has 0 fully saturated rings. The van der Waals surface area contributed by atoms with Gasteiger partial charge in [0, 0.05) is 49.9 Å². The second-order valence-corrected chi connectivity index (χ2v) is 18.9. The molecule has 13 aromatic carbocycles. The van der Waals surface area contributed by atoms with Crippen LogP contribution in [0.3, 0.4) is 0 Å². The highest BCUT2D eigenvalue weighted by atomic mass is 16.3. The Kier molecular flexibility index (Phi) is 10.5. The van der Waals surface area contributed by atoms with Crippen LogP contribution in [-0.2, 0) is 0 Å². The van der Waals surface area contributed by atoms with E-state index in [-0.39, 0.29) is 0 Å². The topological polar surface area (TPSA) is 22.9 Å². The van der Waals surface area contributed by atoms with Gasteiger partial charge in [-0.05, 0) is 123 Å². The first-order chi connectivity index (χ1) is 36.7. The van der Waals surface area contributed by atoms with Crippen LogP contribution in [-0.4, -0.2) is 0 Å². The Morgan fingerprint density at radius 2 is 0.608 bits per heavy atom. The molecule has 0 amide bonds. The largest absolute Gasteiger partial charge is 0.455 e. The van der Waals surface area contributed by atoms with Crippen LogP contribution in [0.25, 0.3) is 76.2 Å².